The number of carbonyl (C=O) groups is 4. The van der Waals surface area contributed by atoms with Crippen LogP contribution in [0.5, 0.6) is 0 Å². The first-order valence-electron chi connectivity index (χ1n) is 19.0. The number of nitriles is 1. The van der Waals surface area contributed by atoms with Gasteiger partial charge in [0.15, 0.2) is 0 Å². The van der Waals surface area contributed by atoms with Crippen molar-refractivity contribution in [1.82, 2.24) is 30.5 Å². The number of nitrogens with zero attached hydrogens (tertiary/aromatic N) is 6. The van der Waals surface area contributed by atoms with Gasteiger partial charge >= 0.3 is 0 Å². The number of ether oxygens (including phenoxy) is 2. The third kappa shape index (κ3) is 10.3. The first kappa shape index (κ1) is 41.6. The number of hydrogen-bond acceptors (Lipinski definition) is 12. The number of amides is 4. The van der Waals surface area contributed by atoms with E-state index >= 15 is 0 Å². The minimum Gasteiger partial charge on any atom is -0.379 e. The van der Waals surface area contributed by atoms with E-state index in [0.717, 1.165) is 40.9 Å². The van der Waals surface area contributed by atoms with Gasteiger partial charge in [0.1, 0.15) is 24.0 Å². The van der Waals surface area contributed by atoms with Crippen molar-refractivity contribution < 1.29 is 33.0 Å². The second-order valence-electron chi connectivity index (χ2n) is 13.8. The van der Waals surface area contributed by atoms with E-state index in [1.165, 1.54) is 18.5 Å². The van der Waals surface area contributed by atoms with Crippen LogP contribution in [0.25, 0.3) is 0 Å². The number of nitrogens with one attached hydrogen (secondary N) is 3. The predicted molar refractivity (Wildman–Crippen MR) is 212 cm³/mol. The molecule has 15 nitrogen and oxygen atoms in total. The number of imide groups is 1. The number of aryl methyl sites for hydroxylation is 1. The molecule has 6 rings (SSSR count). The summed E-state index contributed by atoms with van der Waals surface area (Å²) in [4.78, 5) is 64.5. The van der Waals surface area contributed by atoms with E-state index in [1.807, 2.05) is 31.2 Å². The number of halogens is 2. The van der Waals surface area contributed by atoms with Gasteiger partial charge in [-0.15, -0.1) is 0 Å². The Morgan fingerprint density at radius 3 is 2.67 bits per heavy atom. The molecule has 3 N–H and O–H groups in total. The molecule has 1 atom stereocenters. The maximum Gasteiger partial charge on any atom is 0.256 e. The molecular formula is C41H43ClFN9O6. The van der Waals surface area contributed by atoms with Crippen molar-refractivity contribution in [1.29, 1.82) is 5.26 Å². The lowest BCUT2D eigenvalue weighted by atomic mass is 10.00. The monoisotopic (exact) mass is 811 g/mol. The van der Waals surface area contributed by atoms with E-state index in [-0.39, 0.29) is 48.8 Å². The molecule has 0 fully saturated rings. The summed E-state index contributed by atoms with van der Waals surface area (Å²) in [6.45, 7) is 5.05. The van der Waals surface area contributed by atoms with Gasteiger partial charge in [0.25, 0.3) is 11.8 Å². The van der Waals surface area contributed by atoms with E-state index in [9.17, 15) is 28.8 Å². The zero-order valence-corrected chi connectivity index (χ0v) is 32.7. The maximum atomic E-state index is 15.0. The Morgan fingerprint density at radius 2 is 1.90 bits per heavy atom. The standard InChI is InChI=1S/C41H43ClFN9O6/c1-26(7-12-37(54)48-25-53)52-22-33-27(4-2-6-30(33)41(52)56)5-3-16-57-18-19-58-17-14-45-40(55)32-10-11-36(49-38(32)43)50-39-31-13-15-51(23-35(31)46-24-47-39)29-9-8-28(21-44)34(42)20-29/h2,4,6,8-11,20,24-26H,3,5,7,12-19,22-23H2,1H3,(H,45,55)(H,48,53,54)(H,46,47,49,50). The third-order valence-corrected chi connectivity index (χ3v) is 10.4. The molecule has 2 aromatic heterocycles. The molecule has 4 amide bonds. The molecule has 17 heteroatoms. The van der Waals surface area contributed by atoms with Crippen LogP contribution >= 0.6 is 11.6 Å². The van der Waals surface area contributed by atoms with E-state index in [1.54, 1.807) is 17.0 Å². The number of pyridine rings is 1. The van der Waals surface area contributed by atoms with Crippen molar-refractivity contribution in [3.8, 4) is 6.07 Å². The predicted octanol–water partition coefficient (Wildman–Crippen LogP) is 4.63. The summed E-state index contributed by atoms with van der Waals surface area (Å²) in [6, 6.07) is 15.8. The SMILES string of the molecule is CC(CCC(=O)NC=O)N1Cc2c(CCCOCCOCCNC(=O)c3ccc(Nc4ncnc5c4CCN(c4ccc(C#N)c(Cl)c4)C5)nc3F)cccc2C1=O. The molecule has 2 aromatic carbocycles. The highest BCUT2D eigenvalue weighted by Gasteiger charge is 2.32. The average molecular weight is 812 g/mol. The molecule has 4 aromatic rings. The Labute approximate surface area is 339 Å². The number of benzene rings is 2. The van der Waals surface area contributed by atoms with Crippen molar-refractivity contribution >= 4 is 53.1 Å². The average Bonchev–Trinajstić information content (AvgIpc) is 3.57. The fourth-order valence-electron chi connectivity index (χ4n) is 6.93. The summed E-state index contributed by atoms with van der Waals surface area (Å²) in [5, 5.41) is 17.4. The molecule has 58 heavy (non-hydrogen) atoms. The van der Waals surface area contributed by atoms with Crippen LogP contribution < -0.4 is 20.9 Å². The highest BCUT2D eigenvalue weighted by Crippen LogP contribution is 2.31. The number of fused-ring (bicyclic) bond motifs is 2. The number of anilines is 3. The van der Waals surface area contributed by atoms with Gasteiger partial charge in [-0.05, 0) is 80.1 Å². The summed E-state index contributed by atoms with van der Waals surface area (Å²) in [5.74, 6) is -1.28. The number of carbonyl (C=O) groups excluding carboxylic acids is 4. The van der Waals surface area contributed by atoms with Gasteiger partial charge in [0.05, 0.1) is 48.2 Å². The van der Waals surface area contributed by atoms with E-state index in [2.05, 4.69) is 41.9 Å². The third-order valence-electron chi connectivity index (χ3n) is 10.1. The second kappa shape index (κ2) is 19.9. The normalized spacial score (nSPS) is 13.7. The van der Waals surface area contributed by atoms with E-state index in [4.69, 9.17) is 21.1 Å². The fraction of sp³-hybridized carbons (Fsp3) is 0.366. The minimum absolute atomic E-state index is 0.0576. The first-order valence-corrected chi connectivity index (χ1v) is 19.3. The molecule has 2 aliphatic rings. The number of rotatable bonds is 19. The largest absolute Gasteiger partial charge is 0.379 e. The lowest BCUT2D eigenvalue weighted by Crippen LogP contribution is -2.34. The van der Waals surface area contributed by atoms with Crippen LogP contribution in [0, 0.1) is 17.3 Å². The highest BCUT2D eigenvalue weighted by molar-refractivity contribution is 6.32. The van der Waals surface area contributed by atoms with Crippen LogP contribution in [0.4, 0.5) is 21.7 Å². The van der Waals surface area contributed by atoms with Gasteiger partial charge in [0.2, 0.25) is 18.3 Å². The molecule has 2 aliphatic heterocycles. The smallest absolute Gasteiger partial charge is 0.256 e. The van der Waals surface area contributed by atoms with E-state index in [0.29, 0.717) is 80.7 Å². The van der Waals surface area contributed by atoms with E-state index < -0.39 is 11.9 Å². The van der Waals surface area contributed by atoms with Crippen molar-refractivity contribution in [3.05, 3.63) is 105 Å². The Hall–Kier alpha value is -6.02. The van der Waals surface area contributed by atoms with Crippen LogP contribution in [-0.2, 0) is 45.0 Å². The van der Waals surface area contributed by atoms with Crippen LogP contribution in [0.2, 0.25) is 5.02 Å². The summed E-state index contributed by atoms with van der Waals surface area (Å²) < 4.78 is 26.3. The van der Waals surface area contributed by atoms with Crippen molar-refractivity contribution in [3.63, 3.8) is 0 Å². The zero-order valence-electron chi connectivity index (χ0n) is 31.9. The molecular weight excluding hydrogens is 769 g/mol. The van der Waals surface area contributed by atoms with Crippen LogP contribution in [0.1, 0.15) is 74.8 Å². The minimum atomic E-state index is -0.930. The molecule has 4 heterocycles. The van der Waals surface area contributed by atoms with Gasteiger partial charge < -0.3 is 29.9 Å². The topological polar surface area (TPSA) is 192 Å². The molecule has 0 saturated carbocycles. The zero-order chi connectivity index (χ0) is 41.0. The Morgan fingerprint density at radius 1 is 1.07 bits per heavy atom. The quantitative estimate of drug-likeness (QED) is 0.0677. The maximum absolute atomic E-state index is 15.0. The molecule has 0 spiro atoms. The van der Waals surface area contributed by atoms with Gasteiger partial charge in [-0.3, -0.25) is 24.5 Å². The van der Waals surface area contributed by atoms with Crippen LogP contribution in [0.3, 0.4) is 0 Å². The Kier molecular flexibility index (Phi) is 14.3. The van der Waals surface area contributed by atoms with Crippen LogP contribution in [0.15, 0.2) is 54.9 Å². The van der Waals surface area contributed by atoms with Gasteiger partial charge in [-0.25, -0.2) is 15.0 Å². The molecule has 0 bridgehead atoms. The molecule has 0 aliphatic carbocycles. The lowest BCUT2D eigenvalue weighted by Gasteiger charge is -2.30. The summed E-state index contributed by atoms with van der Waals surface area (Å²) in [7, 11) is 0. The first-order chi connectivity index (χ1) is 28.2. The molecule has 0 saturated heterocycles. The molecule has 0 radical (unpaired) electrons. The lowest BCUT2D eigenvalue weighted by molar-refractivity contribution is -0.125. The van der Waals surface area contributed by atoms with Crippen molar-refractivity contribution in [2.24, 2.45) is 0 Å². The van der Waals surface area contributed by atoms with Crippen molar-refractivity contribution in [2.75, 3.05) is 49.7 Å². The number of aromatic nitrogens is 3. The summed E-state index contributed by atoms with van der Waals surface area (Å²) in [6.07, 6.45) is 4.47. The number of hydrogen-bond donors (Lipinski definition) is 3. The van der Waals surface area contributed by atoms with Crippen LogP contribution in [-0.4, -0.2) is 89.5 Å². The highest BCUT2D eigenvalue weighted by atomic mass is 35.5. The molecule has 302 valence electrons. The summed E-state index contributed by atoms with van der Waals surface area (Å²) in [5.41, 5.74) is 5.49. The van der Waals surface area contributed by atoms with Gasteiger partial charge in [-0.2, -0.15) is 9.65 Å². The van der Waals surface area contributed by atoms with Gasteiger partial charge in [-0.1, -0.05) is 23.7 Å². The fourth-order valence-corrected chi connectivity index (χ4v) is 7.15. The summed E-state index contributed by atoms with van der Waals surface area (Å²) >= 11 is 6.24. The molecule has 1 unspecified atom stereocenters. The Bertz CT molecular complexity index is 2200. The van der Waals surface area contributed by atoms with Gasteiger partial charge in [0, 0.05) is 55.5 Å². The Balaban J connectivity index is 0.870. The second-order valence-corrected chi connectivity index (χ2v) is 14.2. The van der Waals surface area contributed by atoms with Crippen molar-refractivity contribution in [2.45, 2.75) is 58.2 Å².